The minimum Gasteiger partial charge on any atom is -0.361 e. The molecule has 0 saturated heterocycles. The molecule has 0 aliphatic carbocycles. The van der Waals surface area contributed by atoms with Gasteiger partial charge in [0.1, 0.15) is 4.21 Å². The number of hydrogen-bond acceptors (Lipinski definition) is 3. The lowest BCUT2D eigenvalue weighted by molar-refractivity contribution is 0.505. The molecule has 2 N–H and O–H groups in total. The van der Waals surface area contributed by atoms with Crippen LogP contribution in [-0.2, 0) is 15.4 Å². The first-order valence-electron chi connectivity index (χ1n) is 7.11. The minimum atomic E-state index is -3.54. The molecule has 122 valence electrons. The van der Waals surface area contributed by atoms with E-state index in [9.17, 15) is 8.42 Å². The third-order valence-corrected chi connectivity index (χ3v) is 6.96. The number of H-pyrrole nitrogens is 1. The summed E-state index contributed by atoms with van der Waals surface area (Å²) in [5.74, 6) is 0. The number of sulfonamides is 1. The van der Waals surface area contributed by atoms with E-state index in [-0.39, 0.29) is 9.62 Å². The second-order valence-electron chi connectivity index (χ2n) is 6.01. The first-order chi connectivity index (χ1) is 10.8. The van der Waals surface area contributed by atoms with Gasteiger partial charge in [0.15, 0.2) is 0 Å². The second-order valence-corrected chi connectivity index (χ2v) is 9.72. The lowest BCUT2D eigenvalue weighted by Crippen LogP contribution is -2.36. The Morgan fingerprint density at radius 3 is 2.65 bits per heavy atom. The van der Waals surface area contributed by atoms with Crippen molar-refractivity contribution in [2.24, 2.45) is 0 Å². The van der Waals surface area contributed by atoms with E-state index in [1.807, 2.05) is 44.3 Å². The lowest BCUT2D eigenvalue weighted by Gasteiger charge is -2.24. The summed E-state index contributed by atoms with van der Waals surface area (Å²) >= 11 is 6.88. The highest BCUT2D eigenvalue weighted by atomic mass is 35.5. The summed E-state index contributed by atoms with van der Waals surface area (Å²) in [5.41, 5.74) is 1.77. The van der Waals surface area contributed by atoms with Crippen LogP contribution in [0.25, 0.3) is 10.9 Å². The number of nitrogens with one attached hydrogen (secondary N) is 2. The Kier molecular flexibility index (Phi) is 4.27. The number of rotatable bonds is 5. The smallest absolute Gasteiger partial charge is 0.250 e. The molecule has 0 fully saturated rings. The van der Waals surface area contributed by atoms with Crippen LogP contribution in [0.1, 0.15) is 19.4 Å². The molecule has 2 aromatic heterocycles. The van der Waals surface area contributed by atoms with E-state index < -0.39 is 10.0 Å². The average Bonchev–Trinajstić information content (AvgIpc) is 3.12. The molecule has 23 heavy (non-hydrogen) atoms. The van der Waals surface area contributed by atoms with E-state index in [1.165, 1.54) is 6.07 Å². The summed E-state index contributed by atoms with van der Waals surface area (Å²) in [6.45, 7) is 4.34. The monoisotopic (exact) mass is 368 g/mol. The zero-order valence-corrected chi connectivity index (χ0v) is 15.1. The van der Waals surface area contributed by atoms with Crippen molar-refractivity contribution in [2.75, 3.05) is 6.54 Å². The number of fused-ring (bicyclic) bond motifs is 1. The standard InChI is InChI=1S/C16H17ClN2O2S2/c1-16(2,12-9-18-13-6-4-3-5-11(12)13)10-19-23(20,21)15-8-7-14(17)22-15/h3-9,18-19H,10H2,1-2H3. The van der Waals surface area contributed by atoms with E-state index >= 15 is 0 Å². The van der Waals surface area contributed by atoms with Crippen molar-refractivity contribution in [1.82, 2.24) is 9.71 Å². The Bertz CT molecular complexity index is 942. The van der Waals surface area contributed by atoms with Crippen LogP contribution in [0.2, 0.25) is 4.34 Å². The van der Waals surface area contributed by atoms with Crippen molar-refractivity contribution in [2.45, 2.75) is 23.5 Å². The van der Waals surface area contributed by atoms with Crippen LogP contribution in [-0.4, -0.2) is 19.9 Å². The molecule has 3 aromatic rings. The number of aromatic nitrogens is 1. The quantitative estimate of drug-likeness (QED) is 0.711. The minimum absolute atomic E-state index is 0.234. The maximum atomic E-state index is 12.4. The van der Waals surface area contributed by atoms with Crippen LogP contribution in [0.15, 0.2) is 46.8 Å². The fourth-order valence-corrected chi connectivity index (χ4v) is 5.25. The van der Waals surface area contributed by atoms with Gasteiger partial charge < -0.3 is 4.98 Å². The highest BCUT2D eigenvalue weighted by Gasteiger charge is 2.27. The normalized spacial score (nSPS) is 12.8. The molecule has 0 atom stereocenters. The van der Waals surface area contributed by atoms with Gasteiger partial charge in [-0.05, 0) is 23.8 Å². The Hall–Kier alpha value is -1.34. The van der Waals surface area contributed by atoms with E-state index in [4.69, 9.17) is 11.6 Å². The van der Waals surface area contributed by atoms with E-state index in [0.29, 0.717) is 10.9 Å². The highest BCUT2D eigenvalue weighted by Crippen LogP contribution is 2.31. The van der Waals surface area contributed by atoms with E-state index in [2.05, 4.69) is 9.71 Å². The molecule has 7 heteroatoms. The van der Waals surface area contributed by atoms with Gasteiger partial charge in [0.25, 0.3) is 0 Å². The van der Waals surface area contributed by atoms with Crippen molar-refractivity contribution < 1.29 is 8.42 Å². The van der Waals surface area contributed by atoms with E-state index in [1.54, 1.807) is 6.07 Å². The summed E-state index contributed by atoms with van der Waals surface area (Å²) < 4.78 is 28.1. The van der Waals surface area contributed by atoms with Gasteiger partial charge in [-0.2, -0.15) is 0 Å². The molecule has 1 aromatic carbocycles. The van der Waals surface area contributed by atoms with Crippen molar-refractivity contribution in [3.63, 3.8) is 0 Å². The zero-order chi connectivity index (χ0) is 16.7. The number of benzene rings is 1. The molecule has 0 unspecified atom stereocenters. The molecule has 0 spiro atoms. The fraction of sp³-hybridized carbons (Fsp3) is 0.250. The Balaban J connectivity index is 1.84. The van der Waals surface area contributed by atoms with Crippen molar-refractivity contribution >= 4 is 43.9 Å². The van der Waals surface area contributed by atoms with Crippen LogP contribution in [0.4, 0.5) is 0 Å². The molecule has 0 bridgehead atoms. The van der Waals surface area contributed by atoms with Crippen LogP contribution in [0, 0.1) is 0 Å². The van der Waals surface area contributed by atoms with Gasteiger partial charge in [0, 0.05) is 29.1 Å². The molecule has 4 nitrogen and oxygen atoms in total. The summed E-state index contributed by atoms with van der Waals surface area (Å²) in [6.07, 6.45) is 1.95. The fourth-order valence-electron chi connectivity index (χ4n) is 2.52. The van der Waals surface area contributed by atoms with Gasteiger partial charge in [-0.25, -0.2) is 13.1 Å². The molecule has 0 radical (unpaired) electrons. The SMILES string of the molecule is CC(C)(CNS(=O)(=O)c1ccc(Cl)s1)c1c[nH]c2ccccc12. The van der Waals surface area contributed by atoms with E-state index in [0.717, 1.165) is 27.8 Å². The Labute approximate surface area is 144 Å². The molecule has 0 amide bonds. The molecule has 2 heterocycles. The van der Waals surface area contributed by atoms with Crippen LogP contribution >= 0.6 is 22.9 Å². The molecule has 3 rings (SSSR count). The van der Waals surface area contributed by atoms with Gasteiger partial charge in [-0.15, -0.1) is 11.3 Å². The highest BCUT2D eigenvalue weighted by molar-refractivity contribution is 7.91. The number of para-hydroxylation sites is 1. The summed E-state index contributed by atoms with van der Waals surface area (Å²) in [7, 11) is -3.54. The van der Waals surface area contributed by atoms with Gasteiger partial charge in [0.2, 0.25) is 10.0 Å². The number of hydrogen-bond donors (Lipinski definition) is 2. The Morgan fingerprint density at radius 2 is 1.96 bits per heavy atom. The number of thiophene rings is 1. The van der Waals surface area contributed by atoms with Crippen molar-refractivity contribution in [3.8, 4) is 0 Å². The first-order valence-corrected chi connectivity index (χ1v) is 9.79. The third-order valence-electron chi connectivity index (χ3n) is 3.84. The molecule has 0 saturated carbocycles. The maximum absolute atomic E-state index is 12.4. The van der Waals surface area contributed by atoms with Crippen LogP contribution in [0.5, 0.6) is 0 Å². The predicted octanol–water partition coefficient (Wildman–Crippen LogP) is 4.14. The summed E-state index contributed by atoms with van der Waals surface area (Å²) in [6, 6.07) is 11.1. The average molecular weight is 369 g/mol. The van der Waals surface area contributed by atoms with Crippen LogP contribution in [0.3, 0.4) is 0 Å². The summed E-state index contributed by atoms with van der Waals surface area (Å²) in [4.78, 5) is 3.23. The second kappa shape index (κ2) is 5.94. The van der Waals surface area contributed by atoms with Crippen molar-refractivity contribution in [3.05, 3.63) is 52.5 Å². The zero-order valence-electron chi connectivity index (χ0n) is 12.8. The molecule has 0 aliphatic heterocycles. The third kappa shape index (κ3) is 3.30. The number of halogens is 1. The molecular formula is C16H17ClN2O2S2. The number of aromatic amines is 1. The van der Waals surface area contributed by atoms with Gasteiger partial charge in [0.05, 0.1) is 4.34 Å². The lowest BCUT2D eigenvalue weighted by atomic mass is 9.85. The van der Waals surface area contributed by atoms with Gasteiger partial charge >= 0.3 is 0 Å². The molecular weight excluding hydrogens is 352 g/mol. The van der Waals surface area contributed by atoms with Crippen LogP contribution < -0.4 is 4.72 Å². The predicted molar refractivity (Wildman–Crippen MR) is 95.8 cm³/mol. The molecule has 0 aliphatic rings. The first kappa shape index (κ1) is 16.5. The Morgan fingerprint density at radius 1 is 1.22 bits per heavy atom. The summed E-state index contributed by atoms with van der Waals surface area (Å²) in [5, 5.41) is 1.11. The topological polar surface area (TPSA) is 62.0 Å². The van der Waals surface area contributed by atoms with Crippen molar-refractivity contribution in [1.29, 1.82) is 0 Å². The van der Waals surface area contributed by atoms with Gasteiger partial charge in [-0.3, -0.25) is 0 Å². The largest absolute Gasteiger partial charge is 0.361 e. The maximum Gasteiger partial charge on any atom is 0.250 e. The van der Waals surface area contributed by atoms with Gasteiger partial charge in [-0.1, -0.05) is 43.6 Å².